The second-order valence-electron chi connectivity index (χ2n) is 6.72. The van der Waals surface area contributed by atoms with Crippen LogP contribution >= 0.6 is 0 Å². The number of nitrogens with zero attached hydrogens (tertiary/aromatic N) is 3. The molecule has 0 spiro atoms. The smallest absolute Gasteiger partial charge is 0.247 e. The van der Waals surface area contributed by atoms with E-state index < -0.39 is 17.7 Å². The third-order valence-corrected chi connectivity index (χ3v) is 5.24. The van der Waals surface area contributed by atoms with Crippen molar-refractivity contribution in [3.05, 3.63) is 35.4 Å². The van der Waals surface area contributed by atoms with Gasteiger partial charge >= 0.3 is 0 Å². The van der Waals surface area contributed by atoms with Crippen molar-refractivity contribution in [3.63, 3.8) is 0 Å². The van der Waals surface area contributed by atoms with E-state index in [9.17, 15) is 18.4 Å². The Kier molecular flexibility index (Phi) is 3.75. The lowest BCUT2D eigenvalue weighted by molar-refractivity contribution is -0.163. The normalized spacial score (nSPS) is 27.4. The molecule has 7 heteroatoms. The first kappa shape index (κ1) is 15.5. The van der Waals surface area contributed by atoms with E-state index in [1.165, 1.54) is 6.07 Å². The molecule has 128 valence electrons. The maximum absolute atomic E-state index is 13.4. The van der Waals surface area contributed by atoms with Gasteiger partial charge in [0.1, 0.15) is 12.1 Å². The first-order chi connectivity index (χ1) is 11.5. The highest BCUT2D eigenvalue weighted by molar-refractivity contribution is 5.97. The Labute approximate surface area is 138 Å². The van der Waals surface area contributed by atoms with E-state index in [4.69, 9.17) is 0 Å². The molecular weight excluding hydrogens is 316 g/mol. The van der Waals surface area contributed by atoms with Crippen molar-refractivity contribution in [1.82, 2.24) is 14.7 Å². The monoisotopic (exact) mass is 335 g/mol. The van der Waals surface area contributed by atoms with E-state index >= 15 is 0 Å². The molecule has 3 aliphatic rings. The maximum atomic E-state index is 13.4. The molecule has 5 nitrogen and oxygen atoms in total. The fraction of sp³-hybridized carbons (Fsp3) is 0.529. The minimum atomic E-state index is -0.866. The van der Waals surface area contributed by atoms with Crippen molar-refractivity contribution in [2.45, 2.75) is 31.5 Å². The fourth-order valence-electron chi connectivity index (χ4n) is 4.02. The molecule has 1 aromatic rings. The van der Waals surface area contributed by atoms with E-state index in [1.807, 2.05) is 4.90 Å². The first-order valence-electron chi connectivity index (χ1n) is 8.32. The summed E-state index contributed by atoms with van der Waals surface area (Å²) >= 11 is 0. The first-order valence-corrected chi connectivity index (χ1v) is 8.32. The van der Waals surface area contributed by atoms with Crippen LogP contribution in [0.4, 0.5) is 8.78 Å². The van der Waals surface area contributed by atoms with Gasteiger partial charge in [-0.05, 0) is 30.5 Å². The molecule has 3 fully saturated rings. The van der Waals surface area contributed by atoms with E-state index in [2.05, 4.69) is 0 Å². The van der Waals surface area contributed by atoms with Crippen LogP contribution in [0.3, 0.4) is 0 Å². The van der Waals surface area contributed by atoms with Crippen molar-refractivity contribution in [1.29, 1.82) is 0 Å². The number of hydrogen-bond acceptors (Lipinski definition) is 3. The van der Waals surface area contributed by atoms with Gasteiger partial charge in [-0.15, -0.1) is 0 Å². The third kappa shape index (κ3) is 2.47. The molecule has 3 aliphatic heterocycles. The highest BCUT2D eigenvalue weighted by atomic mass is 19.2. The van der Waals surface area contributed by atoms with Gasteiger partial charge in [0.15, 0.2) is 11.6 Å². The Morgan fingerprint density at radius 1 is 0.958 bits per heavy atom. The number of hydrogen-bond donors (Lipinski definition) is 0. The van der Waals surface area contributed by atoms with Crippen molar-refractivity contribution >= 4 is 11.8 Å². The molecule has 0 N–H and O–H groups in total. The number of carbonyl (C=O) groups excluding carboxylic acids is 2. The Hall–Kier alpha value is -2.02. The highest BCUT2D eigenvalue weighted by Crippen LogP contribution is 2.29. The molecule has 3 heterocycles. The number of piperazine rings is 2. The Morgan fingerprint density at radius 3 is 2.50 bits per heavy atom. The lowest BCUT2D eigenvalue weighted by Gasteiger charge is -2.47. The zero-order valence-corrected chi connectivity index (χ0v) is 13.3. The molecule has 0 aromatic heterocycles. The van der Waals surface area contributed by atoms with Gasteiger partial charge in [0.25, 0.3) is 0 Å². The Bertz CT molecular complexity index is 696. The summed E-state index contributed by atoms with van der Waals surface area (Å²) in [5.74, 6) is -1.65. The van der Waals surface area contributed by atoms with Crippen molar-refractivity contribution in [2.24, 2.45) is 0 Å². The van der Waals surface area contributed by atoms with E-state index in [0.29, 0.717) is 38.3 Å². The van der Waals surface area contributed by atoms with Gasteiger partial charge in [-0.25, -0.2) is 8.78 Å². The SMILES string of the molecule is O=C1[C@H]2CN(Cc3ccc(F)c(F)c3)CCN2C(=O)[C@H]2CCCN12. The molecule has 4 rings (SSSR count). The second kappa shape index (κ2) is 5.81. The molecule has 0 radical (unpaired) electrons. The third-order valence-electron chi connectivity index (χ3n) is 5.24. The number of rotatable bonds is 2. The van der Waals surface area contributed by atoms with Gasteiger partial charge in [0.2, 0.25) is 11.8 Å². The average Bonchev–Trinajstić information content (AvgIpc) is 3.06. The van der Waals surface area contributed by atoms with Crippen molar-refractivity contribution in [3.8, 4) is 0 Å². The Balaban J connectivity index is 1.49. The zero-order valence-electron chi connectivity index (χ0n) is 13.3. The van der Waals surface area contributed by atoms with Crippen LogP contribution in [0.25, 0.3) is 0 Å². The predicted octanol–water partition coefficient (Wildman–Crippen LogP) is 0.982. The number of benzene rings is 1. The van der Waals surface area contributed by atoms with Crippen LogP contribution < -0.4 is 0 Å². The molecule has 0 bridgehead atoms. The van der Waals surface area contributed by atoms with Crippen molar-refractivity contribution < 1.29 is 18.4 Å². The van der Waals surface area contributed by atoms with Gasteiger partial charge in [0.05, 0.1) is 0 Å². The summed E-state index contributed by atoms with van der Waals surface area (Å²) in [5, 5.41) is 0. The average molecular weight is 335 g/mol. The molecule has 0 unspecified atom stereocenters. The minimum Gasteiger partial charge on any atom is -0.329 e. The predicted molar refractivity (Wildman–Crippen MR) is 81.9 cm³/mol. The maximum Gasteiger partial charge on any atom is 0.247 e. The zero-order chi connectivity index (χ0) is 16.8. The van der Waals surface area contributed by atoms with Gasteiger partial charge in [-0.3, -0.25) is 14.5 Å². The molecule has 3 saturated heterocycles. The largest absolute Gasteiger partial charge is 0.329 e. The van der Waals surface area contributed by atoms with Crippen LogP contribution in [-0.2, 0) is 16.1 Å². The number of carbonyl (C=O) groups is 2. The topological polar surface area (TPSA) is 43.9 Å². The highest BCUT2D eigenvalue weighted by Gasteiger charge is 2.49. The van der Waals surface area contributed by atoms with Crippen LogP contribution in [0.2, 0.25) is 0 Å². The van der Waals surface area contributed by atoms with Gasteiger partial charge in [-0.2, -0.15) is 0 Å². The van der Waals surface area contributed by atoms with Crippen LogP contribution in [0.1, 0.15) is 18.4 Å². The summed E-state index contributed by atoms with van der Waals surface area (Å²) in [6.07, 6.45) is 1.63. The molecule has 0 saturated carbocycles. The number of amides is 2. The molecule has 1 aromatic carbocycles. The summed E-state index contributed by atoms with van der Waals surface area (Å²) in [5.41, 5.74) is 0.663. The van der Waals surface area contributed by atoms with Crippen LogP contribution in [0.15, 0.2) is 18.2 Å². The summed E-state index contributed by atoms with van der Waals surface area (Å²) in [7, 11) is 0. The standard InChI is InChI=1S/C17H19F2N3O2/c18-12-4-3-11(8-13(12)19)9-20-6-7-22-15(10-20)17(24)21-5-1-2-14(21)16(22)23/h3-4,8,14-15H,1-2,5-7,9-10H2/t14-,15-/m1/s1. The summed E-state index contributed by atoms with van der Waals surface area (Å²) in [6.45, 7) is 2.66. The van der Waals surface area contributed by atoms with Gasteiger partial charge < -0.3 is 9.80 Å². The molecule has 0 aliphatic carbocycles. The summed E-state index contributed by atoms with van der Waals surface area (Å²) in [6, 6.07) is 3.13. The number of halogens is 2. The lowest BCUT2D eigenvalue weighted by atomic mass is 10.0. The summed E-state index contributed by atoms with van der Waals surface area (Å²) in [4.78, 5) is 30.7. The summed E-state index contributed by atoms with van der Waals surface area (Å²) < 4.78 is 26.4. The number of fused-ring (bicyclic) bond motifs is 2. The van der Waals surface area contributed by atoms with Gasteiger partial charge in [0, 0.05) is 32.7 Å². The lowest BCUT2D eigenvalue weighted by Crippen LogP contribution is -2.68. The van der Waals surface area contributed by atoms with Crippen LogP contribution in [0.5, 0.6) is 0 Å². The molecule has 2 atom stereocenters. The molecule has 2 amide bonds. The van der Waals surface area contributed by atoms with E-state index in [-0.39, 0.29) is 17.9 Å². The fourth-order valence-corrected chi connectivity index (χ4v) is 4.02. The van der Waals surface area contributed by atoms with Crippen LogP contribution in [-0.4, -0.2) is 64.8 Å². The molecule has 24 heavy (non-hydrogen) atoms. The Morgan fingerprint density at radius 2 is 1.71 bits per heavy atom. The van der Waals surface area contributed by atoms with Gasteiger partial charge in [-0.1, -0.05) is 6.07 Å². The van der Waals surface area contributed by atoms with Crippen molar-refractivity contribution in [2.75, 3.05) is 26.2 Å². The van der Waals surface area contributed by atoms with E-state index in [0.717, 1.165) is 18.9 Å². The van der Waals surface area contributed by atoms with Crippen LogP contribution in [0, 0.1) is 11.6 Å². The second-order valence-corrected chi connectivity index (χ2v) is 6.72. The molecular formula is C17H19F2N3O2. The minimum absolute atomic E-state index is 0.0205. The quantitative estimate of drug-likeness (QED) is 0.809. The van der Waals surface area contributed by atoms with E-state index in [1.54, 1.807) is 15.9 Å².